The van der Waals surface area contributed by atoms with E-state index in [-0.39, 0.29) is 6.04 Å². The van der Waals surface area contributed by atoms with Crippen molar-refractivity contribution in [1.82, 2.24) is 15.2 Å². The van der Waals surface area contributed by atoms with Gasteiger partial charge in [0.15, 0.2) is 0 Å². The number of hydrazine groups is 1. The minimum absolute atomic E-state index is 0.201. The van der Waals surface area contributed by atoms with Crippen LogP contribution >= 0.6 is 0 Å². The van der Waals surface area contributed by atoms with Crippen LogP contribution in [0.2, 0.25) is 0 Å². The average Bonchev–Trinajstić information content (AvgIpc) is 2.69. The van der Waals surface area contributed by atoms with E-state index in [9.17, 15) is 0 Å². The monoisotopic (exact) mass is 238 g/mol. The van der Waals surface area contributed by atoms with Crippen LogP contribution in [-0.2, 0) is 11.8 Å². The quantitative estimate of drug-likeness (QED) is 0.608. The van der Waals surface area contributed by atoms with E-state index in [4.69, 9.17) is 10.6 Å². The highest BCUT2D eigenvalue weighted by Crippen LogP contribution is 2.28. The minimum Gasteiger partial charge on any atom is -0.381 e. The van der Waals surface area contributed by atoms with Gasteiger partial charge in [0, 0.05) is 37.6 Å². The van der Waals surface area contributed by atoms with E-state index in [2.05, 4.69) is 17.4 Å². The van der Waals surface area contributed by atoms with Crippen LogP contribution in [0.1, 0.15) is 36.6 Å². The molecule has 1 aromatic heterocycles. The van der Waals surface area contributed by atoms with E-state index >= 15 is 0 Å². The van der Waals surface area contributed by atoms with Crippen molar-refractivity contribution in [3.8, 4) is 0 Å². The molecule has 1 saturated heterocycles. The molecule has 0 spiro atoms. The van der Waals surface area contributed by atoms with Gasteiger partial charge in [0.2, 0.25) is 0 Å². The van der Waals surface area contributed by atoms with Crippen LogP contribution < -0.4 is 11.3 Å². The number of nitrogens with two attached hydrogens (primary N) is 1. The zero-order valence-corrected chi connectivity index (χ0v) is 10.6. The molecule has 0 radical (unpaired) electrons. The van der Waals surface area contributed by atoms with Crippen molar-refractivity contribution in [2.45, 2.75) is 32.2 Å². The van der Waals surface area contributed by atoms with Crippen molar-refractivity contribution in [2.75, 3.05) is 13.2 Å². The van der Waals surface area contributed by atoms with E-state index in [0.29, 0.717) is 5.92 Å². The molecule has 0 aromatic carbocycles. The highest BCUT2D eigenvalue weighted by atomic mass is 16.5. The molecule has 96 valence electrons. The SMILES string of the molecule is Cc1c(C(CC2CCOCC2)NN)cnn1C. The summed E-state index contributed by atoms with van der Waals surface area (Å²) < 4.78 is 7.27. The van der Waals surface area contributed by atoms with E-state index in [1.165, 1.54) is 11.3 Å². The smallest absolute Gasteiger partial charge is 0.0540 e. The van der Waals surface area contributed by atoms with Gasteiger partial charge >= 0.3 is 0 Å². The first kappa shape index (κ1) is 12.5. The van der Waals surface area contributed by atoms with E-state index < -0.39 is 0 Å². The van der Waals surface area contributed by atoms with E-state index in [1.54, 1.807) is 0 Å². The molecule has 0 amide bonds. The Kier molecular flexibility index (Phi) is 4.15. The molecule has 2 heterocycles. The Bertz CT molecular complexity index is 357. The molecule has 17 heavy (non-hydrogen) atoms. The second-order valence-corrected chi connectivity index (χ2v) is 4.82. The third kappa shape index (κ3) is 2.86. The molecule has 0 aliphatic carbocycles. The second kappa shape index (κ2) is 5.62. The molecule has 1 fully saturated rings. The standard InChI is InChI=1S/C12H22N4O/c1-9-11(8-14-16(9)2)12(15-13)7-10-3-5-17-6-4-10/h8,10,12,15H,3-7,13H2,1-2H3. The van der Waals surface area contributed by atoms with Gasteiger partial charge in [-0.3, -0.25) is 16.0 Å². The minimum atomic E-state index is 0.201. The van der Waals surface area contributed by atoms with Gasteiger partial charge < -0.3 is 4.74 Å². The van der Waals surface area contributed by atoms with E-state index in [1.807, 2.05) is 17.9 Å². The highest BCUT2D eigenvalue weighted by Gasteiger charge is 2.22. The lowest BCUT2D eigenvalue weighted by molar-refractivity contribution is 0.0605. The lowest BCUT2D eigenvalue weighted by Gasteiger charge is -2.26. The molecule has 0 saturated carbocycles. The van der Waals surface area contributed by atoms with Gasteiger partial charge in [-0.15, -0.1) is 0 Å². The molecule has 1 aliphatic heterocycles. The van der Waals surface area contributed by atoms with Crippen molar-refractivity contribution in [2.24, 2.45) is 18.8 Å². The Labute approximate surface area is 102 Å². The number of ether oxygens (including phenoxy) is 1. The number of rotatable bonds is 4. The maximum atomic E-state index is 5.68. The second-order valence-electron chi connectivity index (χ2n) is 4.82. The molecule has 1 aromatic rings. The fourth-order valence-electron chi connectivity index (χ4n) is 2.46. The van der Waals surface area contributed by atoms with Crippen LogP contribution in [0.3, 0.4) is 0 Å². The Morgan fingerprint density at radius 1 is 1.59 bits per heavy atom. The van der Waals surface area contributed by atoms with Gasteiger partial charge in [-0.05, 0) is 32.1 Å². The fourth-order valence-corrected chi connectivity index (χ4v) is 2.46. The summed E-state index contributed by atoms with van der Waals surface area (Å²) in [5, 5.41) is 4.27. The molecule has 1 atom stereocenters. The molecule has 5 heteroatoms. The summed E-state index contributed by atoms with van der Waals surface area (Å²) in [6.45, 7) is 3.85. The summed E-state index contributed by atoms with van der Waals surface area (Å²) >= 11 is 0. The normalized spacial score (nSPS) is 19.5. The first-order chi connectivity index (χ1) is 8.22. The van der Waals surface area contributed by atoms with Crippen LogP contribution in [0.25, 0.3) is 0 Å². The number of aryl methyl sites for hydroxylation is 1. The Balaban J connectivity index is 2.03. The Morgan fingerprint density at radius 3 is 2.82 bits per heavy atom. The molecule has 1 unspecified atom stereocenters. The summed E-state index contributed by atoms with van der Waals surface area (Å²) in [4.78, 5) is 0. The predicted octanol–water partition coefficient (Wildman–Crippen LogP) is 1.05. The summed E-state index contributed by atoms with van der Waals surface area (Å²) in [5.41, 5.74) is 5.32. The predicted molar refractivity (Wildman–Crippen MR) is 66.2 cm³/mol. The Hall–Kier alpha value is -0.910. The van der Waals surface area contributed by atoms with Crippen molar-refractivity contribution in [3.63, 3.8) is 0 Å². The average molecular weight is 238 g/mol. The molecular formula is C12H22N4O. The lowest BCUT2D eigenvalue weighted by Crippen LogP contribution is -2.31. The van der Waals surface area contributed by atoms with Gasteiger partial charge in [-0.1, -0.05) is 0 Å². The third-order valence-corrected chi connectivity index (χ3v) is 3.76. The highest BCUT2D eigenvalue weighted by molar-refractivity contribution is 5.20. The number of nitrogens with one attached hydrogen (secondary N) is 1. The number of hydrogen-bond acceptors (Lipinski definition) is 4. The molecule has 5 nitrogen and oxygen atoms in total. The summed E-state index contributed by atoms with van der Waals surface area (Å²) in [6, 6.07) is 0.201. The van der Waals surface area contributed by atoms with Crippen LogP contribution in [0.15, 0.2) is 6.20 Å². The summed E-state index contributed by atoms with van der Waals surface area (Å²) in [7, 11) is 1.96. The maximum absolute atomic E-state index is 5.68. The molecular weight excluding hydrogens is 216 g/mol. The zero-order valence-electron chi connectivity index (χ0n) is 10.6. The van der Waals surface area contributed by atoms with Gasteiger partial charge in [0.1, 0.15) is 0 Å². The van der Waals surface area contributed by atoms with E-state index in [0.717, 1.165) is 32.5 Å². The summed E-state index contributed by atoms with van der Waals surface area (Å²) in [6.07, 6.45) is 5.25. The van der Waals surface area contributed by atoms with Gasteiger partial charge in [0.25, 0.3) is 0 Å². The van der Waals surface area contributed by atoms with Gasteiger partial charge in [0.05, 0.1) is 6.20 Å². The first-order valence-electron chi connectivity index (χ1n) is 6.24. The topological polar surface area (TPSA) is 65.1 Å². The van der Waals surface area contributed by atoms with Crippen LogP contribution in [0.4, 0.5) is 0 Å². The first-order valence-corrected chi connectivity index (χ1v) is 6.24. The molecule has 2 rings (SSSR count). The van der Waals surface area contributed by atoms with Crippen LogP contribution in [0, 0.1) is 12.8 Å². The fraction of sp³-hybridized carbons (Fsp3) is 0.750. The zero-order chi connectivity index (χ0) is 12.3. The maximum Gasteiger partial charge on any atom is 0.0540 e. The van der Waals surface area contributed by atoms with Crippen molar-refractivity contribution in [1.29, 1.82) is 0 Å². The van der Waals surface area contributed by atoms with Crippen LogP contribution in [0.5, 0.6) is 0 Å². The lowest BCUT2D eigenvalue weighted by atomic mass is 9.90. The van der Waals surface area contributed by atoms with Crippen molar-refractivity contribution >= 4 is 0 Å². The number of aromatic nitrogens is 2. The molecule has 0 bridgehead atoms. The third-order valence-electron chi connectivity index (χ3n) is 3.76. The number of hydrogen-bond donors (Lipinski definition) is 2. The molecule has 1 aliphatic rings. The Morgan fingerprint density at radius 2 is 2.29 bits per heavy atom. The largest absolute Gasteiger partial charge is 0.381 e. The van der Waals surface area contributed by atoms with Crippen molar-refractivity contribution < 1.29 is 4.74 Å². The number of nitrogens with zero attached hydrogens (tertiary/aromatic N) is 2. The van der Waals surface area contributed by atoms with Crippen molar-refractivity contribution in [3.05, 3.63) is 17.5 Å². The van der Waals surface area contributed by atoms with Gasteiger partial charge in [-0.25, -0.2) is 0 Å². The van der Waals surface area contributed by atoms with Gasteiger partial charge in [-0.2, -0.15) is 5.10 Å². The summed E-state index contributed by atoms with van der Waals surface area (Å²) in [5.74, 6) is 6.38. The molecule has 3 N–H and O–H groups in total. The van der Waals surface area contributed by atoms with Crippen LogP contribution in [-0.4, -0.2) is 23.0 Å².